The van der Waals surface area contributed by atoms with Gasteiger partial charge in [-0.15, -0.1) is 0 Å². The summed E-state index contributed by atoms with van der Waals surface area (Å²) in [6.07, 6.45) is 0. The van der Waals surface area contributed by atoms with Gasteiger partial charge in [0.25, 0.3) is 0 Å². The molecule has 6 heteroatoms. The summed E-state index contributed by atoms with van der Waals surface area (Å²) in [5.74, 6) is -0.346. The van der Waals surface area contributed by atoms with Gasteiger partial charge >= 0.3 is 5.97 Å². The van der Waals surface area contributed by atoms with Crippen LogP contribution in [-0.2, 0) is 14.3 Å². The van der Waals surface area contributed by atoms with Crippen LogP contribution in [0.5, 0.6) is 0 Å². The van der Waals surface area contributed by atoms with E-state index in [1.807, 2.05) is 27.7 Å². The number of benzene rings is 1. The standard InChI is InChI=1S/C20H31FN2O3/c1-6-26-19(25)13-23(11-14(2)3)12-18(24)22-20(15(4)5)16-7-9-17(21)10-8-16/h7-10,14-15,20H,6,11-13H2,1-5H3,(H,22,24). The first-order valence-electron chi connectivity index (χ1n) is 9.15. The first-order valence-corrected chi connectivity index (χ1v) is 9.15. The lowest BCUT2D eigenvalue weighted by molar-refractivity contribution is -0.144. The molecule has 0 saturated carbocycles. The zero-order valence-corrected chi connectivity index (χ0v) is 16.4. The van der Waals surface area contributed by atoms with Crippen LogP contribution in [0.3, 0.4) is 0 Å². The van der Waals surface area contributed by atoms with Crippen LogP contribution in [0.15, 0.2) is 24.3 Å². The highest BCUT2D eigenvalue weighted by Crippen LogP contribution is 2.21. The summed E-state index contributed by atoms with van der Waals surface area (Å²) in [6.45, 7) is 11.0. The van der Waals surface area contributed by atoms with E-state index < -0.39 is 0 Å². The van der Waals surface area contributed by atoms with Gasteiger partial charge in [0, 0.05) is 6.54 Å². The first kappa shape index (κ1) is 22.1. The molecular formula is C20H31FN2O3. The van der Waals surface area contributed by atoms with Gasteiger partial charge in [-0.1, -0.05) is 39.8 Å². The smallest absolute Gasteiger partial charge is 0.320 e. The van der Waals surface area contributed by atoms with Crippen LogP contribution in [-0.4, -0.2) is 43.0 Å². The van der Waals surface area contributed by atoms with Crippen LogP contribution in [0.25, 0.3) is 0 Å². The lowest BCUT2D eigenvalue weighted by Gasteiger charge is -2.26. The fourth-order valence-electron chi connectivity index (χ4n) is 2.82. The molecule has 0 aliphatic carbocycles. The number of esters is 1. The number of rotatable bonds is 10. The van der Waals surface area contributed by atoms with Gasteiger partial charge in [-0.05, 0) is 36.5 Å². The fraction of sp³-hybridized carbons (Fsp3) is 0.600. The third kappa shape index (κ3) is 7.95. The van der Waals surface area contributed by atoms with Crippen LogP contribution >= 0.6 is 0 Å². The van der Waals surface area contributed by atoms with Gasteiger partial charge in [0.2, 0.25) is 5.91 Å². The summed E-state index contributed by atoms with van der Waals surface area (Å²) >= 11 is 0. The number of ether oxygens (including phenoxy) is 1. The predicted octanol–water partition coefficient (Wildman–Crippen LogP) is 3.16. The number of carbonyl (C=O) groups is 2. The van der Waals surface area contributed by atoms with E-state index in [1.165, 1.54) is 12.1 Å². The second kappa shape index (κ2) is 10.9. The monoisotopic (exact) mass is 366 g/mol. The molecule has 0 aliphatic rings. The number of amides is 1. The molecule has 0 bridgehead atoms. The van der Waals surface area contributed by atoms with Crippen molar-refractivity contribution >= 4 is 11.9 Å². The Morgan fingerprint density at radius 2 is 1.73 bits per heavy atom. The second-order valence-corrected chi connectivity index (χ2v) is 7.21. The number of hydrogen-bond acceptors (Lipinski definition) is 4. The summed E-state index contributed by atoms with van der Waals surface area (Å²) in [5, 5.41) is 3.01. The van der Waals surface area contributed by atoms with Gasteiger partial charge in [0.1, 0.15) is 5.82 Å². The third-order valence-corrected chi connectivity index (χ3v) is 3.86. The van der Waals surface area contributed by atoms with Crippen molar-refractivity contribution in [3.8, 4) is 0 Å². The average Bonchev–Trinajstić information content (AvgIpc) is 2.52. The Morgan fingerprint density at radius 3 is 2.23 bits per heavy atom. The molecule has 146 valence electrons. The van der Waals surface area contributed by atoms with Gasteiger partial charge in [0.05, 0.1) is 25.7 Å². The number of carbonyl (C=O) groups excluding carboxylic acids is 2. The summed E-state index contributed by atoms with van der Waals surface area (Å²) in [4.78, 5) is 26.1. The molecule has 26 heavy (non-hydrogen) atoms. The minimum atomic E-state index is -0.333. The van der Waals surface area contributed by atoms with E-state index >= 15 is 0 Å². The summed E-state index contributed by atoms with van der Waals surface area (Å²) in [6, 6.07) is 5.94. The molecule has 0 aromatic heterocycles. The van der Waals surface area contributed by atoms with E-state index in [0.29, 0.717) is 19.1 Å². The Labute approximate surface area is 155 Å². The minimum absolute atomic E-state index is 0.0856. The second-order valence-electron chi connectivity index (χ2n) is 7.21. The molecule has 1 rings (SSSR count). The van der Waals surface area contributed by atoms with Crippen molar-refractivity contribution in [2.75, 3.05) is 26.2 Å². The Kier molecular flexibility index (Phi) is 9.27. The van der Waals surface area contributed by atoms with Gasteiger partial charge in [-0.2, -0.15) is 0 Å². The molecule has 1 N–H and O–H groups in total. The lowest BCUT2D eigenvalue weighted by Crippen LogP contribution is -2.43. The Bertz CT molecular complexity index is 573. The van der Waals surface area contributed by atoms with E-state index in [-0.39, 0.29) is 42.7 Å². The van der Waals surface area contributed by atoms with E-state index in [4.69, 9.17) is 4.74 Å². The van der Waals surface area contributed by atoms with Gasteiger partial charge in [-0.3, -0.25) is 14.5 Å². The largest absolute Gasteiger partial charge is 0.465 e. The predicted molar refractivity (Wildman–Crippen MR) is 100 cm³/mol. The number of nitrogens with one attached hydrogen (secondary N) is 1. The molecule has 0 aliphatic heterocycles. The van der Waals surface area contributed by atoms with E-state index in [9.17, 15) is 14.0 Å². The van der Waals surface area contributed by atoms with Crippen molar-refractivity contribution in [2.45, 2.75) is 40.7 Å². The number of nitrogens with zero attached hydrogens (tertiary/aromatic N) is 1. The average molecular weight is 366 g/mol. The SMILES string of the molecule is CCOC(=O)CN(CC(=O)NC(c1ccc(F)cc1)C(C)C)CC(C)C. The molecule has 5 nitrogen and oxygen atoms in total. The Morgan fingerprint density at radius 1 is 1.12 bits per heavy atom. The maximum Gasteiger partial charge on any atom is 0.320 e. The maximum atomic E-state index is 13.2. The quantitative estimate of drug-likeness (QED) is 0.646. The highest BCUT2D eigenvalue weighted by molar-refractivity contribution is 5.79. The molecule has 0 radical (unpaired) electrons. The normalized spacial score (nSPS) is 12.5. The van der Waals surface area contributed by atoms with Crippen LogP contribution in [0, 0.1) is 17.7 Å². The van der Waals surface area contributed by atoms with Crippen molar-refractivity contribution in [2.24, 2.45) is 11.8 Å². The third-order valence-electron chi connectivity index (χ3n) is 3.86. The van der Waals surface area contributed by atoms with Gasteiger partial charge in [-0.25, -0.2) is 4.39 Å². The summed E-state index contributed by atoms with van der Waals surface area (Å²) in [5.41, 5.74) is 0.857. The van der Waals surface area contributed by atoms with Crippen LogP contribution in [0.1, 0.15) is 46.2 Å². The number of hydrogen-bond donors (Lipinski definition) is 1. The molecule has 1 atom stereocenters. The molecule has 1 amide bonds. The highest BCUT2D eigenvalue weighted by Gasteiger charge is 2.21. The molecular weight excluding hydrogens is 335 g/mol. The zero-order valence-electron chi connectivity index (χ0n) is 16.4. The molecule has 1 unspecified atom stereocenters. The fourth-order valence-corrected chi connectivity index (χ4v) is 2.82. The van der Waals surface area contributed by atoms with Crippen molar-refractivity contribution < 1.29 is 18.7 Å². The van der Waals surface area contributed by atoms with Gasteiger partial charge < -0.3 is 10.1 Å². The lowest BCUT2D eigenvalue weighted by atomic mass is 9.96. The first-order chi connectivity index (χ1) is 12.2. The molecule has 0 saturated heterocycles. The maximum absolute atomic E-state index is 13.2. The van der Waals surface area contributed by atoms with E-state index in [1.54, 1.807) is 24.0 Å². The van der Waals surface area contributed by atoms with Crippen molar-refractivity contribution in [1.29, 1.82) is 0 Å². The summed E-state index contributed by atoms with van der Waals surface area (Å²) < 4.78 is 18.1. The van der Waals surface area contributed by atoms with Crippen molar-refractivity contribution in [3.63, 3.8) is 0 Å². The number of halogens is 1. The van der Waals surface area contributed by atoms with Crippen LogP contribution in [0.4, 0.5) is 4.39 Å². The molecule has 1 aromatic rings. The van der Waals surface area contributed by atoms with E-state index in [0.717, 1.165) is 5.56 Å². The minimum Gasteiger partial charge on any atom is -0.465 e. The van der Waals surface area contributed by atoms with Crippen molar-refractivity contribution in [1.82, 2.24) is 10.2 Å². The highest BCUT2D eigenvalue weighted by atomic mass is 19.1. The molecule has 0 fully saturated rings. The van der Waals surface area contributed by atoms with Crippen LogP contribution < -0.4 is 5.32 Å². The summed E-state index contributed by atoms with van der Waals surface area (Å²) in [7, 11) is 0. The van der Waals surface area contributed by atoms with E-state index in [2.05, 4.69) is 5.32 Å². The molecule has 1 aromatic carbocycles. The topological polar surface area (TPSA) is 58.6 Å². The molecule has 0 heterocycles. The Hall–Kier alpha value is -1.95. The van der Waals surface area contributed by atoms with Crippen molar-refractivity contribution in [3.05, 3.63) is 35.6 Å². The van der Waals surface area contributed by atoms with Gasteiger partial charge in [0.15, 0.2) is 0 Å². The van der Waals surface area contributed by atoms with Crippen LogP contribution in [0.2, 0.25) is 0 Å². The molecule has 0 spiro atoms. The zero-order chi connectivity index (χ0) is 19.7. The Balaban J connectivity index is 2.76.